The number of allylic oxidation sites excluding steroid dienone is 1. The molecule has 0 aliphatic rings. The zero-order valence-corrected chi connectivity index (χ0v) is 24.4. The molecule has 0 bridgehead atoms. The molecule has 2 aromatic carbocycles. The molecule has 0 fully saturated rings. The first-order valence-corrected chi connectivity index (χ1v) is 13.6. The Balaban J connectivity index is 1.52. The molecule has 16 heteroatoms. The van der Waals surface area contributed by atoms with E-state index in [1.54, 1.807) is 14.1 Å². The number of hydrogen-bond donors (Lipinski definition) is 4. The molecule has 0 aliphatic carbocycles. The zero-order chi connectivity index (χ0) is 33.5. The van der Waals surface area contributed by atoms with Crippen molar-refractivity contribution >= 4 is 34.6 Å². The molecule has 2 heterocycles. The number of H-pyrrole nitrogens is 1. The predicted molar refractivity (Wildman–Crippen MR) is 157 cm³/mol. The second-order valence-corrected chi connectivity index (χ2v) is 10.2. The molecule has 0 saturated heterocycles. The first-order valence-electron chi connectivity index (χ1n) is 13.6. The Morgan fingerprint density at radius 3 is 2.59 bits per heavy atom. The summed E-state index contributed by atoms with van der Waals surface area (Å²) in [6.07, 6.45) is 2.83. The number of pyridine rings is 1. The SMILES string of the molecule is CN(C)C(=O)/C=C/CC[C@H](NC(=O)O)C(=O)Nc1cccn(Cc2nc3c(OCc4ccc(F)cc4F)c(F)c(F)cc3[nH]2)c1=O. The van der Waals surface area contributed by atoms with Gasteiger partial charge >= 0.3 is 6.09 Å². The number of carbonyl (C=O) groups excluding carboxylic acids is 2. The van der Waals surface area contributed by atoms with Crippen LogP contribution >= 0.6 is 0 Å². The Kier molecular flexibility index (Phi) is 10.4. The summed E-state index contributed by atoms with van der Waals surface area (Å²) in [5.41, 5.74) is -1.16. The number of carboxylic acid groups (broad SMARTS) is 1. The molecule has 0 radical (unpaired) electrons. The molecule has 4 aromatic rings. The lowest BCUT2D eigenvalue weighted by Crippen LogP contribution is -2.44. The van der Waals surface area contributed by atoms with E-state index in [0.29, 0.717) is 6.07 Å². The molecular formula is C30H28F4N6O6. The number of benzene rings is 2. The van der Waals surface area contributed by atoms with Gasteiger partial charge in [0.25, 0.3) is 5.56 Å². The predicted octanol–water partition coefficient (Wildman–Crippen LogP) is 3.91. The Morgan fingerprint density at radius 2 is 1.89 bits per heavy atom. The van der Waals surface area contributed by atoms with Crippen LogP contribution in [0.25, 0.3) is 11.0 Å². The van der Waals surface area contributed by atoms with E-state index in [2.05, 4.69) is 20.6 Å². The van der Waals surface area contributed by atoms with Crippen molar-refractivity contribution in [2.75, 3.05) is 19.4 Å². The third kappa shape index (κ3) is 8.08. The number of nitrogens with zero attached hydrogens (tertiary/aromatic N) is 3. The van der Waals surface area contributed by atoms with Gasteiger partial charge in [0, 0.05) is 38.0 Å². The van der Waals surface area contributed by atoms with E-state index in [1.165, 1.54) is 35.4 Å². The van der Waals surface area contributed by atoms with Gasteiger partial charge in [-0.25, -0.2) is 22.9 Å². The maximum Gasteiger partial charge on any atom is 0.405 e. The molecule has 242 valence electrons. The maximum atomic E-state index is 14.7. The van der Waals surface area contributed by atoms with Crippen LogP contribution in [0.1, 0.15) is 24.2 Å². The van der Waals surface area contributed by atoms with Crippen molar-refractivity contribution in [2.45, 2.75) is 32.0 Å². The van der Waals surface area contributed by atoms with Crippen LogP contribution in [0.4, 0.5) is 28.0 Å². The topological polar surface area (TPSA) is 159 Å². The van der Waals surface area contributed by atoms with Gasteiger partial charge in [-0.05, 0) is 43.2 Å². The molecule has 4 N–H and O–H groups in total. The highest BCUT2D eigenvalue weighted by Crippen LogP contribution is 2.31. The van der Waals surface area contributed by atoms with Gasteiger partial charge in [0.2, 0.25) is 17.6 Å². The minimum Gasteiger partial charge on any atom is -0.483 e. The molecular weight excluding hydrogens is 616 g/mol. The lowest BCUT2D eigenvalue weighted by atomic mass is 10.1. The van der Waals surface area contributed by atoms with Crippen LogP contribution in [0.5, 0.6) is 5.75 Å². The Labute approximate surface area is 258 Å². The fourth-order valence-electron chi connectivity index (χ4n) is 4.26. The van der Waals surface area contributed by atoms with Crippen molar-refractivity contribution < 1.29 is 41.8 Å². The maximum absolute atomic E-state index is 14.7. The van der Waals surface area contributed by atoms with Crippen molar-refractivity contribution in [1.29, 1.82) is 0 Å². The summed E-state index contributed by atoms with van der Waals surface area (Å²) >= 11 is 0. The van der Waals surface area contributed by atoms with Crippen LogP contribution in [0, 0.1) is 23.3 Å². The highest BCUT2D eigenvalue weighted by molar-refractivity contribution is 5.96. The smallest absolute Gasteiger partial charge is 0.405 e. The van der Waals surface area contributed by atoms with E-state index in [1.807, 2.05) is 0 Å². The average molecular weight is 645 g/mol. The summed E-state index contributed by atoms with van der Waals surface area (Å²) in [4.78, 5) is 57.3. The fourth-order valence-corrected chi connectivity index (χ4v) is 4.26. The van der Waals surface area contributed by atoms with Crippen molar-refractivity contribution in [1.82, 2.24) is 24.8 Å². The van der Waals surface area contributed by atoms with E-state index < -0.39 is 59.2 Å². The number of nitrogens with one attached hydrogen (secondary N) is 3. The average Bonchev–Trinajstić information content (AvgIpc) is 3.39. The number of fused-ring (bicyclic) bond motifs is 1. The number of rotatable bonds is 12. The fraction of sp³-hybridized carbons (Fsp3) is 0.233. The van der Waals surface area contributed by atoms with E-state index in [9.17, 15) is 41.8 Å². The molecule has 12 nitrogen and oxygen atoms in total. The van der Waals surface area contributed by atoms with Gasteiger partial charge in [-0.1, -0.05) is 6.08 Å². The number of hydrogen-bond acceptors (Lipinski definition) is 6. The van der Waals surface area contributed by atoms with Crippen LogP contribution in [0.3, 0.4) is 0 Å². The molecule has 46 heavy (non-hydrogen) atoms. The van der Waals surface area contributed by atoms with Gasteiger partial charge in [-0.15, -0.1) is 0 Å². The molecule has 2 aromatic heterocycles. The molecule has 4 rings (SSSR count). The van der Waals surface area contributed by atoms with Gasteiger partial charge in [0.1, 0.15) is 41.3 Å². The van der Waals surface area contributed by atoms with Gasteiger partial charge in [-0.3, -0.25) is 14.4 Å². The number of carbonyl (C=O) groups is 3. The number of aromatic amines is 1. The van der Waals surface area contributed by atoms with Crippen molar-refractivity contribution in [3.05, 3.63) is 99.8 Å². The second-order valence-electron chi connectivity index (χ2n) is 10.2. The number of amides is 3. The number of aromatic nitrogens is 3. The van der Waals surface area contributed by atoms with Gasteiger partial charge < -0.3 is 34.9 Å². The minimum atomic E-state index is -1.47. The second kappa shape index (κ2) is 14.4. The third-order valence-corrected chi connectivity index (χ3v) is 6.60. The first kappa shape index (κ1) is 33.2. The molecule has 0 spiro atoms. The summed E-state index contributed by atoms with van der Waals surface area (Å²) in [7, 11) is 3.12. The number of halogens is 4. The van der Waals surface area contributed by atoms with Crippen LogP contribution in [0.2, 0.25) is 0 Å². The molecule has 0 unspecified atom stereocenters. The Morgan fingerprint density at radius 1 is 1.13 bits per heavy atom. The van der Waals surface area contributed by atoms with Crippen LogP contribution in [-0.4, -0.2) is 62.6 Å². The largest absolute Gasteiger partial charge is 0.483 e. The summed E-state index contributed by atoms with van der Waals surface area (Å²) < 4.78 is 62.8. The zero-order valence-electron chi connectivity index (χ0n) is 24.4. The molecule has 3 amide bonds. The van der Waals surface area contributed by atoms with Crippen molar-refractivity contribution in [3.8, 4) is 5.75 Å². The van der Waals surface area contributed by atoms with Gasteiger partial charge in [0.05, 0.1) is 12.1 Å². The van der Waals surface area contributed by atoms with Crippen molar-refractivity contribution in [2.24, 2.45) is 0 Å². The Bertz CT molecular complexity index is 1870. The summed E-state index contributed by atoms with van der Waals surface area (Å²) in [5.74, 6) is -6.13. The van der Waals surface area contributed by atoms with E-state index in [4.69, 9.17) is 4.74 Å². The van der Waals surface area contributed by atoms with Crippen LogP contribution < -0.4 is 20.9 Å². The summed E-state index contributed by atoms with van der Waals surface area (Å²) in [5, 5.41) is 13.7. The lowest BCUT2D eigenvalue weighted by Gasteiger charge is -2.16. The Hall–Kier alpha value is -5.67. The summed E-state index contributed by atoms with van der Waals surface area (Å²) in [6, 6.07) is 5.00. The standard InChI is InChI=1S/C30H28F4N6O6/c1-39(2)24(41)8-4-3-6-20(37-30(44)45)28(42)36-21-7-5-11-40(29(21)43)14-23-35-22-13-19(33)25(34)27(26(22)38-23)46-15-16-9-10-17(31)12-18(16)32/h4-5,7-13,20,37H,3,6,14-15H2,1-2H3,(H,35,38)(H,36,42)(H,44,45)/b8-4+/t20-/m0/s1. The third-order valence-electron chi connectivity index (χ3n) is 6.60. The number of imidazole rings is 1. The van der Waals surface area contributed by atoms with E-state index in [-0.39, 0.29) is 53.4 Å². The van der Waals surface area contributed by atoms with Gasteiger partial charge in [0.15, 0.2) is 11.6 Å². The van der Waals surface area contributed by atoms with E-state index in [0.717, 1.165) is 22.8 Å². The van der Waals surface area contributed by atoms with Crippen LogP contribution in [-0.2, 0) is 22.7 Å². The summed E-state index contributed by atoms with van der Waals surface area (Å²) in [6.45, 7) is -0.818. The molecule has 0 aliphatic heterocycles. The van der Waals surface area contributed by atoms with Crippen LogP contribution in [0.15, 0.2) is 59.5 Å². The van der Waals surface area contributed by atoms with E-state index >= 15 is 0 Å². The minimum absolute atomic E-state index is 0.00454. The number of anilines is 1. The molecule has 0 saturated carbocycles. The quantitative estimate of drug-likeness (QED) is 0.135. The normalized spacial score (nSPS) is 11.9. The highest BCUT2D eigenvalue weighted by atomic mass is 19.2. The van der Waals surface area contributed by atoms with Gasteiger partial charge in [-0.2, -0.15) is 4.39 Å². The highest BCUT2D eigenvalue weighted by Gasteiger charge is 2.22. The molecule has 1 atom stereocenters. The first-order chi connectivity index (χ1) is 21.8. The monoisotopic (exact) mass is 644 g/mol. The lowest BCUT2D eigenvalue weighted by molar-refractivity contribution is -0.123. The number of ether oxygens (including phenoxy) is 1. The van der Waals surface area contributed by atoms with Crippen molar-refractivity contribution in [3.63, 3.8) is 0 Å². The number of likely N-dealkylation sites (N-methyl/N-ethyl adjacent to an activating group) is 1.